The lowest BCUT2D eigenvalue weighted by atomic mass is 10.1. The molecule has 0 spiro atoms. The predicted octanol–water partition coefficient (Wildman–Crippen LogP) is 2.68. The largest absolute Gasteiger partial charge is 0.492 e. The number of carbonyl (C=O) groups excluding carboxylic acids is 1. The summed E-state index contributed by atoms with van der Waals surface area (Å²) in [5.41, 5.74) is -0.826. The van der Waals surface area contributed by atoms with Crippen molar-refractivity contribution in [2.75, 3.05) is 25.5 Å². The molecule has 0 radical (unpaired) electrons. The van der Waals surface area contributed by atoms with E-state index in [1.54, 1.807) is 14.0 Å². The van der Waals surface area contributed by atoms with Gasteiger partial charge in [0.25, 0.3) is 0 Å². The molecule has 0 atom stereocenters. The van der Waals surface area contributed by atoms with E-state index in [2.05, 4.69) is 10.6 Å². The van der Waals surface area contributed by atoms with Gasteiger partial charge in [0.1, 0.15) is 5.75 Å². The first-order valence-electron chi connectivity index (χ1n) is 5.67. The summed E-state index contributed by atoms with van der Waals surface area (Å²) < 4.78 is 43.0. The zero-order valence-electron chi connectivity index (χ0n) is 11.0. The van der Waals surface area contributed by atoms with E-state index in [9.17, 15) is 18.0 Å². The SMILES string of the molecule is CCOc1ccc(C(F)(F)F)cc1NC(=O)CNC.Cl. The van der Waals surface area contributed by atoms with Crippen LogP contribution in [0, 0.1) is 0 Å². The van der Waals surface area contributed by atoms with E-state index < -0.39 is 17.6 Å². The summed E-state index contributed by atoms with van der Waals surface area (Å²) in [5.74, 6) is -0.234. The normalized spacial score (nSPS) is 10.7. The summed E-state index contributed by atoms with van der Waals surface area (Å²) in [4.78, 5) is 11.4. The number of halogens is 4. The molecule has 0 unspecified atom stereocenters. The molecule has 0 aliphatic carbocycles. The lowest BCUT2D eigenvalue weighted by Gasteiger charge is -2.14. The molecule has 0 heterocycles. The lowest BCUT2D eigenvalue weighted by molar-refractivity contribution is -0.137. The highest BCUT2D eigenvalue weighted by Gasteiger charge is 2.31. The van der Waals surface area contributed by atoms with Crippen molar-refractivity contribution in [3.05, 3.63) is 23.8 Å². The molecule has 8 heteroatoms. The Morgan fingerprint density at radius 1 is 1.35 bits per heavy atom. The van der Waals surface area contributed by atoms with E-state index >= 15 is 0 Å². The number of alkyl halides is 3. The molecule has 0 fully saturated rings. The highest BCUT2D eigenvalue weighted by atomic mass is 35.5. The predicted molar refractivity (Wildman–Crippen MR) is 72.4 cm³/mol. The van der Waals surface area contributed by atoms with E-state index in [4.69, 9.17) is 4.74 Å². The second-order valence-corrected chi connectivity index (χ2v) is 3.72. The number of ether oxygens (including phenoxy) is 1. The van der Waals surface area contributed by atoms with Crippen molar-refractivity contribution in [3.63, 3.8) is 0 Å². The van der Waals surface area contributed by atoms with E-state index in [0.29, 0.717) is 6.61 Å². The van der Waals surface area contributed by atoms with Crippen LogP contribution in [0.25, 0.3) is 0 Å². The van der Waals surface area contributed by atoms with Crippen molar-refractivity contribution in [3.8, 4) is 5.75 Å². The maximum absolute atomic E-state index is 12.6. The molecule has 20 heavy (non-hydrogen) atoms. The highest BCUT2D eigenvalue weighted by Crippen LogP contribution is 2.35. The maximum Gasteiger partial charge on any atom is 0.416 e. The fraction of sp³-hybridized carbons (Fsp3) is 0.417. The second-order valence-electron chi connectivity index (χ2n) is 3.72. The summed E-state index contributed by atoms with van der Waals surface area (Å²) in [6.45, 7) is 2.00. The van der Waals surface area contributed by atoms with Gasteiger partial charge in [0.05, 0.1) is 24.4 Å². The van der Waals surface area contributed by atoms with Crippen molar-refractivity contribution < 1.29 is 22.7 Å². The van der Waals surface area contributed by atoms with Crippen molar-refractivity contribution >= 4 is 24.0 Å². The van der Waals surface area contributed by atoms with Gasteiger partial charge in [-0.3, -0.25) is 4.79 Å². The van der Waals surface area contributed by atoms with Gasteiger partial charge in [-0.25, -0.2) is 0 Å². The number of nitrogens with one attached hydrogen (secondary N) is 2. The molecule has 2 N–H and O–H groups in total. The Balaban J connectivity index is 0.00000361. The molecule has 4 nitrogen and oxygen atoms in total. The van der Waals surface area contributed by atoms with Gasteiger partial charge in [-0.2, -0.15) is 13.2 Å². The second kappa shape index (κ2) is 7.96. The molecule has 0 aliphatic rings. The molecule has 0 saturated heterocycles. The van der Waals surface area contributed by atoms with Gasteiger partial charge in [0.15, 0.2) is 0 Å². The quantitative estimate of drug-likeness (QED) is 0.879. The summed E-state index contributed by atoms with van der Waals surface area (Å²) in [6, 6.07) is 2.97. The minimum atomic E-state index is -4.47. The Bertz CT molecular complexity index is 453. The molecule has 0 aliphatic heterocycles. The van der Waals surface area contributed by atoms with Gasteiger partial charge in [0, 0.05) is 0 Å². The highest BCUT2D eigenvalue weighted by molar-refractivity contribution is 5.93. The molecule has 1 amide bonds. The van der Waals surface area contributed by atoms with Gasteiger partial charge in [-0.05, 0) is 32.2 Å². The van der Waals surface area contributed by atoms with Crippen LogP contribution in [-0.4, -0.2) is 26.1 Å². The zero-order valence-corrected chi connectivity index (χ0v) is 11.8. The van der Waals surface area contributed by atoms with Crippen molar-refractivity contribution in [1.82, 2.24) is 5.32 Å². The van der Waals surface area contributed by atoms with Crippen molar-refractivity contribution in [2.45, 2.75) is 13.1 Å². The molecule has 0 bridgehead atoms. The fourth-order valence-corrected chi connectivity index (χ4v) is 1.44. The van der Waals surface area contributed by atoms with E-state index in [0.717, 1.165) is 12.1 Å². The number of likely N-dealkylation sites (N-methyl/N-ethyl adjacent to an activating group) is 1. The number of rotatable bonds is 5. The van der Waals surface area contributed by atoms with Crippen LogP contribution < -0.4 is 15.4 Å². The average molecular weight is 313 g/mol. The standard InChI is InChI=1S/C12H15F3N2O2.ClH/c1-3-19-10-5-4-8(12(13,14)15)6-9(10)17-11(18)7-16-2;/h4-6,16H,3,7H2,1-2H3,(H,17,18);1H. The topological polar surface area (TPSA) is 50.4 Å². The van der Waals surface area contributed by atoms with E-state index in [-0.39, 0.29) is 30.4 Å². The molecular weight excluding hydrogens is 297 g/mol. The van der Waals surface area contributed by atoms with Crippen LogP contribution in [0.15, 0.2) is 18.2 Å². The maximum atomic E-state index is 12.6. The Morgan fingerprint density at radius 2 is 2.00 bits per heavy atom. The van der Waals surface area contributed by atoms with E-state index in [1.807, 2.05) is 0 Å². The molecule has 1 aromatic carbocycles. The molecule has 1 aromatic rings. The van der Waals surface area contributed by atoms with Crippen LogP contribution in [0.1, 0.15) is 12.5 Å². The Labute approximate surface area is 121 Å². The number of carbonyl (C=O) groups is 1. The minimum absolute atomic E-state index is 0. The number of hydrogen-bond donors (Lipinski definition) is 2. The fourth-order valence-electron chi connectivity index (χ4n) is 1.44. The Kier molecular flexibility index (Phi) is 7.38. The average Bonchev–Trinajstić information content (AvgIpc) is 2.30. The van der Waals surface area contributed by atoms with E-state index in [1.165, 1.54) is 6.07 Å². The third kappa shape index (κ3) is 5.26. The molecule has 0 saturated carbocycles. The van der Waals surface area contributed by atoms with Crippen LogP contribution in [0.3, 0.4) is 0 Å². The van der Waals surface area contributed by atoms with Gasteiger partial charge in [0.2, 0.25) is 5.91 Å². The molecule has 114 valence electrons. The van der Waals surface area contributed by atoms with Crippen LogP contribution in [0.2, 0.25) is 0 Å². The first kappa shape index (κ1) is 18.5. The summed E-state index contributed by atoms with van der Waals surface area (Å²) in [6.07, 6.45) is -4.47. The minimum Gasteiger partial charge on any atom is -0.492 e. The van der Waals surface area contributed by atoms with Gasteiger partial charge in [-0.1, -0.05) is 0 Å². The molecule has 1 rings (SSSR count). The first-order chi connectivity index (χ1) is 8.88. The summed E-state index contributed by atoms with van der Waals surface area (Å²) in [5, 5.41) is 4.99. The monoisotopic (exact) mass is 312 g/mol. The summed E-state index contributed by atoms with van der Waals surface area (Å²) >= 11 is 0. The summed E-state index contributed by atoms with van der Waals surface area (Å²) in [7, 11) is 1.56. The number of amides is 1. The Hall–Kier alpha value is -1.47. The van der Waals surface area contributed by atoms with Crippen LogP contribution in [0.4, 0.5) is 18.9 Å². The van der Waals surface area contributed by atoms with Crippen LogP contribution in [-0.2, 0) is 11.0 Å². The number of benzene rings is 1. The smallest absolute Gasteiger partial charge is 0.416 e. The number of anilines is 1. The van der Waals surface area contributed by atoms with Gasteiger partial charge in [-0.15, -0.1) is 12.4 Å². The van der Waals surface area contributed by atoms with Crippen LogP contribution >= 0.6 is 12.4 Å². The third-order valence-corrected chi connectivity index (χ3v) is 2.22. The van der Waals surface area contributed by atoms with Gasteiger partial charge >= 0.3 is 6.18 Å². The zero-order chi connectivity index (χ0) is 14.5. The first-order valence-corrected chi connectivity index (χ1v) is 5.67. The number of hydrogen-bond acceptors (Lipinski definition) is 3. The lowest BCUT2D eigenvalue weighted by Crippen LogP contribution is -2.25. The molecule has 0 aromatic heterocycles. The van der Waals surface area contributed by atoms with Crippen molar-refractivity contribution in [1.29, 1.82) is 0 Å². The Morgan fingerprint density at radius 3 is 2.50 bits per heavy atom. The van der Waals surface area contributed by atoms with Crippen LogP contribution in [0.5, 0.6) is 5.75 Å². The molecular formula is C12H16ClF3N2O2. The third-order valence-electron chi connectivity index (χ3n) is 2.22. The van der Waals surface area contributed by atoms with Gasteiger partial charge < -0.3 is 15.4 Å². The van der Waals surface area contributed by atoms with Crippen molar-refractivity contribution in [2.24, 2.45) is 0 Å².